The van der Waals surface area contributed by atoms with E-state index in [1.807, 2.05) is 0 Å². The molecule has 0 aliphatic heterocycles. The summed E-state index contributed by atoms with van der Waals surface area (Å²) in [6.45, 7) is 0. The smallest absolute Gasteiger partial charge is 0.335 e. The molecule has 0 aliphatic carbocycles. The third kappa shape index (κ3) is 3.10. The average Bonchev–Trinajstić information content (AvgIpc) is 2.47. The van der Waals surface area contributed by atoms with E-state index in [2.05, 4.69) is 10.3 Å². The van der Waals surface area contributed by atoms with Crippen molar-refractivity contribution < 1.29 is 14.8 Å². The zero-order valence-corrected chi connectivity index (χ0v) is 10.5. The molecule has 0 amide bonds. The van der Waals surface area contributed by atoms with Crippen LogP contribution in [-0.2, 0) is 0 Å². The van der Waals surface area contributed by atoms with Gasteiger partial charge in [-0.3, -0.25) is 10.1 Å². The molecule has 2 N–H and O–H groups in total. The SMILES string of the molecule is N#Cc1cc([N+](=O)[O-])cnc1Nc1cccc(C(=O)O)c1. The number of nitro groups is 1. The molecule has 0 atom stereocenters. The minimum atomic E-state index is -1.09. The summed E-state index contributed by atoms with van der Waals surface area (Å²) in [5.74, 6) is -0.971. The summed E-state index contributed by atoms with van der Waals surface area (Å²) in [6, 6.07) is 8.81. The maximum atomic E-state index is 10.9. The Labute approximate surface area is 118 Å². The molecular formula is C13H8N4O4. The third-order valence-corrected chi connectivity index (χ3v) is 2.58. The van der Waals surface area contributed by atoms with Crippen LogP contribution in [0.2, 0.25) is 0 Å². The molecule has 1 aromatic carbocycles. The van der Waals surface area contributed by atoms with Crippen molar-refractivity contribution in [1.82, 2.24) is 4.98 Å². The Kier molecular flexibility index (Phi) is 3.76. The van der Waals surface area contributed by atoms with Gasteiger partial charge in [0, 0.05) is 11.8 Å². The Morgan fingerprint density at radius 3 is 2.81 bits per heavy atom. The minimum Gasteiger partial charge on any atom is -0.478 e. The first kappa shape index (κ1) is 14.0. The number of rotatable bonds is 4. The van der Waals surface area contributed by atoms with Gasteiger partial charge in [-0.2, -0.15) is 5.26 Å². The molecule has 1 aromatic heterocycles. The highest BCUT2D eigenvalue weighted by molar-refractivity contribution is 5.89. The van der Waals surface area contributed by atoms with E-state index in [1.165, 1.54) is 18.2 Å². The number of pyridine rings is 1. The van der Waals surface area contributed by atoms with E-state index in [-0.39, 0.29) is 22.6 Å². The van der Waals surface area contributed by atoms with Crippen LogP contribution >= 0.6 is 0 Å². The van der Waals surface area contributed by atoms with Crippen molar-refractivity contribution in [2.45, 2.75) is 0 Å². The second-order valence-corrected chi connectivity index (χ2v) is 3.97. The largest absolute Gasteiger partial charge is 0.478 e. The van der Waals surface area contributed by atoms with Gasteiger partial charge in [0.1, 0.15) is 23.6 Å². The summed E-state index contributed by atoms with van der Waals surface area (Å²) in [5, 5.41) is 31.3. The lowest BCUT2D eigenvalue weighted by Gasteiger charge is -2.07. The maximum absolute atomic E-state index is 10.9. The van der Waals surface area contributed by atoms with Crippen LogP contribution in [0.4, 0.5) is 17.2 Å². The zero-order chi connectivity index (χ0) is 15.4. The highest BCUT2D eigenvalue weighted by atomic mass is 16.6. The minimum absolute atomic E-state index is 0.00933. The number of carbonyl (C=O) groups is 1. The Hall–Kier alpha value is -3.47. The van der Waals surface area contributed by atoms with Crippen LogP contribution in [0.5, 0.6) is 0 Å². The van der Waals surface area contributed by atoms with Crippen molar-refractivity contribution in [2.75, 3.05) is 5.32 Å². The molecule has 0 radical (unpaired) electrons. The number of nitriles is 1. The van der Waals surface area contributed by atoms with Gasteiger partial charge in [-0.25, -0.2) is 9.78 Å². The van der Waals surface area contributed by atoms with Gasteiger partial charge in [0.2, 0.25) is 0 Å². The van der Waals surface area contributed by atoms with Crippen molar-refractivity contribution in [3.8, 4) is 6.07 Å². The van der Waals surface area contributed by atoms with Crippen molar-refractivity contribution in [2.24, 2.45) is 0 Å². The van der Waals surface area contributed by atoms with Gasteiger partial charge in [-0.15, -0.1) is 0 Å². The molecule has 2 rings (SSSR count). The fourth-order valence-corrected chi connectivity index (χ4v) is 1.61. The standard InChI is InChI=1S/C13H8N4O4/c14-6-9-5-11(17(20)21)7-15-12(9)16-10-3-1-2-8(4-10)13(18)19/h1-5,7H,(H,15,16)(H,18,19). The van der Waals surface area contributed by atoms with Crippen LogP contribution in [0.25, 0.3) is 0 Å². The summed E-state index contributed by atoms with van der Waals surface area (Å²) in [4.78, 5) is 24.7. The number of aromatic carboxylic acids is 1. The van der Waals surface area contributed by atoms with Crippen LogP contribution < -0.4 is 5.32 Å². The number of aromatic nitrogens is 1. The molecule has 0 aliphatic rings. The molecule has 0 bridgehead atoms. The first-order chi connectivity index (χ1) is 10.0. The van der Waals surface area contributed by atoms with Crippen molar-refractivity contribution in [1.29, 1.82) is 5.26 Å². The van der Waals surface area contributed by atoms with E-state index >= 15 is 0 Å². The van der Waals surface area contributed by atoms with Gasteiger partial charge in [0.25, 0.3) is 5.69 Å². The maximum Gasteiger partial charge on any atom is 0.335 e. The molecule has 0 saturated heterocycles. The first-order valence-corrected chi connectivity index (χ1v) is 5.66. The lowest BCUT2D eigenvalue weighted by atomic mass is 10.2. The predicted molar refractivity (Wildman–Crippen MR) is 72.3 cm³/mol. The Bertz CT molecular complexity index is 767. The number of nitrogens with one attached hydrogen (secondary N) is 1. The fourth-order valence-electron chi connectivity index (χ4n) is 1.61. The Balaban J connectivity index is 2.36. The van der Waals surface area contributed by atoms with Crippen LogP contribution in [0.15, 0.2) is 36.5 Å². The van der Waals surface area contributed by atoms with E-state index in [9.17, 15) is 14.9 Å². The van der Waals surface area contributed by atoms with Gasteiger partial charge in [0.05, 0.1) is 10.5 Å². The Morgan fingerprint density at radius 2 is 2.19 bits per heavy atom. The van der Waals surface area contributed by atoms with Crippen molar-refractivity contribution in [3.05, 3.63) is 57.8 Å². The number of carboxylic acids is 1. The molecule has 8 heteroatoms. The summed E-state index contributed by atoms with van der Waals surface area (Å²) in [6.07, 6.45) is 1.02. The molecular weight excluding hydrogens is 276 g/mol. The number of hydrogen-bond acceptors (Lipinski definition) is 6. The molecule has 0 fully saturated rings. The van der Waals surface area contributed by atoms with Gasteiger partial charge < -0.3 is 10.4 Å². The monoisotopic (exact) mass is 284 g/mol. The average molecular weight is 284 g/mol. The van der Waals surface area contributed by atoms with E-state index < -0.39 is 10.9 Å². The number of anilines is 2. The first-order valence-electron chi connectivity index (χ1n) is 5.66. The molecule has 1 heterocycles. The molecule has 0 saturated carbocycles. The van der Waals surface area contributed by atoms with Gasteiger partial charge >= 0.3 is 5.97 Å². The Morgan fingerprint density at radius 1 is 1.43 bits per heavy atom. The van der Waals surface area contributed by atoms with E-state index in [0.717, 1.165) is 12.3 Å². The highest BCUT2D eigenvalue weighted by Crippen LogP contribution is 2.22. The normalized spacial score (nSPS) is 9.67. The molecule has 21 heavy (non-hydrogen) atoms. The number of hydrogen-bond donors (Lipinski definition) is 2. The number of benzene rings is 1. The van der Waals surface area contributed by atoms with Crippen LogP contribution in [0.1, 0.15) is 15.9 Å². The highest BCUT2D eigenvalue weighted by Gasteiger charge is 2.12. The van der Waals surface area contributed by atoms with Crippen LogP contribution in [-0.4, -0.2) is 21.0 Å². The van der Waals surface area contributed by atoms with Gasteiger partial charge in [0.15, 0.2) is 0 Å². The molecule has 104 valence electrons. The second kappa shape index (κ2) is 5.66. The third-order valence-electron chi connectivity index (χ3n) is 2.58. The number of nitrogens with zero attached hydrogens (tertiary/aromatic N) is 3. The summed E-state index contributed by atoms with van der Waals surface area (Å²) >= 11 is 0. The topological polar surface area (TPSA) is 129 Å². The van der Waals surface area contributed by atoms with Gasteiger partial charge in [-0.05, 0) is 18.2 Å². The summed E-state index contributed by atoms with van der Waals surface area (Å²) < 4.78 is 0. The number of carboxylic acid groups (broad SMARTS) is 1. The van der Waals surface area contributed by atoms with E-state index in [0.29, 0.717) is 5.69 Å². The molecule has 0 unspecified atom stereocenters. The van der Waals surface area contributed by atoms with E-state index in [4.69, 9.17) is 10.4 Å². The second-order valence-electron chi connectivity index (χ2n) is 3.97. The van der Waals surface area contributed by atoms with Crippen molar-refractivity contribution in [3.63, 3.8) is 0 Å². The lowest BCUT2D eigenvalue weighted by molar-refractivity contribution is -0.385. The van der Waals surface area contributed by atoms with Gasteiger partial charge in [-0.1, -0.05) is 6.07 Å². The predicted octanol–water partition coefficient (Wildman–Crippen LogP) is 2.30. The summed E-state index contributed by atoms with van der Waals surface area (Å²) in [7, 11) is 0. The quantitative estimate of drug-likeness (QED) is 0.650. The lowest BCUT2D eigenvalue weighted by Crippen LogP contribution is -2.01. The fraction of sp³-hybridized carbons (Fsp3) is 0. The van der Waals surface area contributed by atoms with E-state index in [1.54, 1.807) is 12.1 Å². The molecule has 2 aromatic rings. The molecule has 0 spiro atoms. The summed E-state index contributed by atoms with van der Waals surface area (Å²) in [5.41, 5.74) is 0.175. The molecule has 8 nitrogen and oxygen atoms in total. The van der Waals surface area contributed by atoms with Crippen LogP contribution in [0.3, 0.4) is 0 Å². The van der Waals surface area contributed by atoms with Crippen molar-refractivity contribution >= 4 is 23.2 Å². The zero-order valence-electron chi connectivity index (χ0n) is 10.5. The van der Waals surface area contributed by atoms with Crippen LogP contribution in [0, 0.1) is 21.4 Å².